The molecule has 62 valence electrons. The van der Waals surface area contributed by atoms with Crippen molar-refractivity contribution in [2.75, 3.05) is 0 Å². The van der Waals surface area contributed by atoms with E-state index in [4.69, 9.17) is 0 Å². The van der Waals surface area contributed by atoms with E-state index in [-0.39, 0.29) is 6.10 Å². The van der Waals surface area contributed by atoms with Gasteiger partial charge in [0, 0.05) is 0 Å². The van der Waals surface area contributed by atoms with Crippen LogP contribution < -0.4 is 0 Å². The lowest BCUT2D eigenvalue weighted by Gasteiger charge is -2.18. The van der Waals surface area contributed by atoms with Crippen LogP contribution in [0, 0.1) is 11.8 Å². The van der Waals surface area contributed by atoms with E-state index >= 15 is 0 Å². The van der Waals surface area contributed by atoms with Crippen LogP contribution in [0.4, 0.5) is 0 Å². The van der Waals surface area contributed by atoms with E-state index in [1.54, 1.807) is 0 Å². The second kappa shape index (κ2) is 4.73. The van der Waals surface area contributed by atoms with Crippen molar-refractivity contribution in [3.63, 3.8) is 0 Å². The zero-order chi connectivity index (χ0) is 8.15. The van der Waals surface area contributed by atoms with Gasteiger partial charge in [0.1, 0.15) is 0 Å². The van der Waals surface area contributed by atoms with Crippen LogP contribution in [0.5, 0.6) is 0 Å². The SMILES string of the molecule is CC[C@H](C)[C@H](O)CC(C)C. The molecule has 0 heterocycles. The quantitative estimate of drug-likeness (QED) is 0.642. The molecule has 0 radical (unpaired) electrons. The molecule has 0 spiro atoms. The minimum absolute atomic E-state index is 0.0926. The van der Waals surface area contributed by atoms with E-state index in [1.807, 2.05) is 0 Å². The first-order valence-corrected chi connectivity index (χ1v) is 4.26. The first-order chi connectivity index (χ1) is 4.57. The van der Waals surface area contributed by atoms with Gasteiger partial charge in [-0.15, -0.1) is 0 Å². The molecule has 1 nitrogen and oxygen atoms in total. The first-order valence-electron chi connectivity index (χ1n) is 4.26. The highest BCUT2D eigenvalue weighted by Crippen LogP contribution is 2.14. The van der Waals surface area contributed by atoms with E-state index in [0.29, 0.717) is 11.8 Å². The van der Waals surface area contributed by atoms with Crippen LogP contribution in [0.25, 0.3) is 0 Å². The third-order valence-electron chi connectivity index (χ3n) is 2.01. The molecule has 0 aromatic heterocycles. The van der Waals surface area contributed by atoms with Crippen LogP contribution in [0.1, 0.15) is 40.5 Å². The Kier molecular flexibility index (Phi) is 4.71. The summed E-state index contributed by atoms with van der Waals surface area (Å²) in [5, 5.41) is 9.49. The second-order valence-electron chi connectivity index (χ2n) is 3.58. The summed E-state index contributed by atoms with van der Waals surface area (Å²) in [5.74, 6) is 1.08. The Morgan fingerprint density at radius 2 is 1.70 bits per heavy atom. The lowest BCUT2D eigenvalue weighted by molar-refractivity contribution is 0.0928. The number of aliphatic hydroxyl groups excluding tert-OH is 1. The molecule has 0 aliphatic carbocycles. The van der Waals surface area contributed by atoms with Gasteiger partial charge in [-0.3, -0.25) is 0 Å². The van der Waals surface area contributed by atoms with Crippen molar-refractivity contribution in [2.45, 2.75) is 46.6 Å². The van der Waals surface area contributed by atoms with E-state index in [2.05, 4.69) is 27.7 Å². The lowest BCUT2D eigenvalue weighted by atomic mass is 9.94. The number of aliphatic hydroxyl groups is 1. The number of hydrogen-bond donors (Lipinski definition) is 1. The number of hydrogen-bond acceptors (Lipinski definition) is 1. The Bertz CT molecular complexity index is 78.8. The number of rotatable bonds is 4. The smallest absolute Gasteiger partial charge is 0.0568 e. The van der Waals surface area contributed by atoms with Crippen molar-refractivity contribution >= 4 is 0 Å². The fraction of sp³-hybridized carbons (Fsp3) is 1.00. The summed E-state index contributed by atoms with van der Waals surface area (Å²) < 4.78 is 0. The maximum absolute atomic E-state index is 9.49. The first kappa shape index (κ1) is 9.96. The molecule has 0 rings (SSSR count). The molecule has 1 N–H and O–H groups in total. The molecular formula is C9H20O. The van der Waals surface area contributed by atoms with Gasteiger partial charge < -0.3 is 5.11 Å². The normalized spacial score (nSPS) is 17.4. The molecule has 1 heteroatoms. The van der Waals surface area contributed by atoms with Crippen LogP contribution in [0.3, 0.4) is 0 Å². The van der Waals surface area contributed by atoms with Gasteiger partial charge in [0.2, 0.25) is 0 Å². The fourth-order valence-electron chi connectivity index (χ4n) is 0.987. The summed E-state index contributed by atoms with van der Waals surface area (Å²) in [6.45, 7) is 8.51. The summed E-state index contributed by atoms with van der Waals surface area (Å²) in [6.07, 6.45) is 1.92. The highest BCUT2D eigenvalue weighted by atomic mass is 16.3. The van der Waals surface area contributed by atoms with Crippen LogP contribution in [0.15, 0.2) is 0 Å². The predicted octanol–water partition coefficient (Wildman–Crippen LogP) is 2.44. The van der Waals surface area contributed by atoms with Gasteiger partial charge in [-0.1, -0.05) is 34.1 Å². The zero-order valence-electron chi connectivity index (χ0n) is 7.59. The average molecular weight is 144 g/mol. The summed E-state index contributed by atoms with van der Waals surface area (Å²) in [4.78, 5) is 0. The molecule has 0 aromatic carbocycles. The topological polar surface area (TPSA) is 20.2 Å². The van der Waals surface area contributed by atoms with Crippen molar-refractivity contribution < 1.29 is 5.11 Å². The molecule has 0 unspecified atom stereocenters. The lowest BCUT2D eigenvalue weighted by Crippen LogP contribution is -2.18. The maximum Gasteiger partial charge on any atom is 0.0568 e. The Morgan fingerprint density at radius 1 is 1.20 bits per heavy atom. The van der Waals surface area contributed by atoms with Crippen LogP contribution in [-0.4, -0.2) is 11.2 Å². The summed E-state index contributed by atoms with van der Waals surface area (Å²) in [7, 11) is 0. The molecule has 2 atom stereocenters. The average Bonchev–Trinajstić information content (AvgIpc) is 1.85. The van der Waals surface area contributed by atoms with E-state index < -0.39 is 0 Å². The molecule has 0 saturated carbocycles. The summed E-state index contributed by atoms with van der Waals surface area (Å²) >= 11 is 0. The molecule has 0 fully saturated rings. The summed E-state index contributed by atoms with van der Waals surface area (Å²) in [5.41, 5.74) is 0. The Labute approximate surface area is 64.5 Å². The van der Waals surface area contributed by atoms with Gasteiger partial charge in [-0.05, 0) is 18.3 Å². The Balaban J connectivity index is 3.50. The second-order valence-corrected chi connectivity index (χ2v) is 3.58. The Hall–Kier alpha value is -0.0400. The highest BCUT2D eigenvalue weighted by molar-refractivity contribution is 4.64. The molecule has 0 amide bonds. The molecule has 0 bridgehead atoms. The molecule has 0 aliphatic rings. The van der Waals surface area contributed by atoms with E-state index in [9.17, 15) is 5.11 Å². The van der Waals surface area contributed by atoms with Crippen molar-refractivity contribution in [2.24, 2.45) is 11.8 Å². The highest BCUT2D eigenvalue weighted by Gasteiger charge is 2.12. The van der Waals surface area contributed by atoms with Crippen LogP contribution in [-0.2, 0) is 0 Å². The van der Waals surface area contributed by atoms with E-state index in [0.717, 1.165) is 12.8 Å². The third kappa shape index (κ3) is 3.89. The van der Waals surface area contributed by atoms with Crippen molar-refractivity contribution in [3.05, 3.63) is 0 Å². The third-order valence-corrected chi connectivity index (χ3v) is 2.01. The van der Waals surface area contributed by atoms with Gasteiger partial charge in [-0.25, -0.2) is 0 Å². The van der Waals surface area contributed by atoms with Crippen LogP contribution >= 0.6 is 0 Å². The largest absolute Gasteiger partial charge is 0.393 e. The van der Waals surface area contributed by atoms with E-state index in [1.165, 1.54) is 0 Å². The zero-order valence-corrected chi connectivity index (χ0v) is 7.59. The molecule has 10 heavy (non-hydrogen) atoms. The van der Waals surface area contributed by atoms with Crippen molar-refractivity contribution in [1.82, 2.24) is 0 Å². The maximum atomic E-state index is 9.49. The van der Waals surface area contributed by atoms with Crippen LogP contribution in [0.2, 0.25) is 0 Å². The van der Waals surface area contributed by atoms with Gasteiger partial charge in [0.05, 0.1) is 6.10 Å². The van der Waals surface area contributed by atoms with Gasteiger partial charge in [0.25, 0.3) is 0 Å². The van der Waals surface area contributed by atoms with Gasteiger partial charge in [0.15, 0.2) is 0 Å². The van der Waals surface area contributed by atoms with Crippen molar-refractivity contribution in [1.29, 1.82) is 0 Å². The van der Waals surface area contributed by atoms with Gasteiger partial charge >= 0.3 is 0 Å². The molecular weight excluding hydrogens is 124 g/mol. The molecule has 0 aliphatic heterocycles. The molecule has 0 saturated heterocycles. The molecule has 0 aromatic rings. The minimum Gasteiger partial charge on any atom is -0.393 e. The Morgan fingerprint density at radius 3 is 2.00 bits per heavy atom. The summed E-state index contributed by atoms with van der Waals surface area (Å²) in [6, 6.07) is 0. The minimum atomic E-state index is -0.0926. The van der Waals surface area contributed by atoms with Crippen molar-refractivity contribution in [3.8, 4) is 0 Å². The fourth-order valence-corrected chi connectivity index (χ4v) is 0.987. The predicted molar refractivity (Wildman–Crippen MR) is 44.9 cm³/mol. The van der Waals surface area contributed by atoms with Gasteiger partial charge in [-0.2, -0.15) is 0 Å². The standard InChI is InChI=1S/C9H20O/c1-5-8(4)9(10)6-7(2)3/h7-10H,5-6H2,1-4H3/t8-,9+/m0/s1. The monoisotopic (exact) mass is 144 g/mol.